The Labute approximate surface area is 136 Å². The van der Waals surface area contributed by atoms with Gasteiger partial charge in [0.05, 0.1) is 11.4 Å². The molecule has 0 saturated carbocycles. The average Bonchev–Trinajstić information content (AvgIpc) is 2.44. The second-order valence-corrected chi connectivity index (χ2v) is 5.79. The van der Waals surface area contributed by atoms with Crippen molar-refractivity contribution in [3.63, 3.8) is 0 Å². The maximum Gasteiger partial charge on any atom is 0.265 e. The number of hydrogen-bond acceptors (Lipinski definition) is 3. The summed E-state index contributed by atoms with van der Waals surface area (Å²) >= 11 is 9.15. The number of rotatable bonds is 4. The first-order chi connectivity index (χ1) is 9.95. The zero-order valence-electron chi connectivity index (χ0n) is 11.3. The van der Waals surface area contributed by atoms with Gasteiger partial charge in [0.15, 0.2) is 6.10 Å². The summed E-state index contributed by atoms with van der Waals surface area (Å²) in [5.74, 6) is 0.330. The van der Waals surface area contributed by atoms with E-state index in [1.807, 2.05) is 12.1 Å². The maximum atomic E-state index is 12.1. The molecule has 110 valence electrons. The van der Waals surface area contributed by atoms with Gasteiger partial charge in [-0.05, 0) is 49.4 Å². The number of nitrogens with one attached hydrogen (secondary N) is 1. The lowest BCUT2D eigenvalue weighted by Gasteiger charge is -2.15. The fourth-order valence-electron chi connectivity index (χ4n) is 1.65. The van der Waals surface area contributed by atoms with E-state index < -0.39 is 6.10 Å². The van der Waals surface area contributed by atoms with Crippen LogP contribution in [0.25, 0.3) is 0 Å². The summed E-state index contributed by atoms with van der Waals surface area (Å²) < 4.78 is 6.51. The molecule has 2 aromatic carbocycles. The lowest BCUT2D eigenvalue weighted by atomic mass is 10.2. The van der Waals surface area contributed by atoms with Crippen molar-refractivity contribution in [1.82, 2.24) is 0 Å². The fourth-order valence-corrected chi connectivity index (χ4v) is 2.10. The molecule has 2 rings (SSSR count). The van der Waals surface area contributed by atoms with Gasteiger partial charge in [0.2, 0.25) is 0 Å². The van der Waals surface area contributed by atoms with Crippen molar-refractivity contribution in [2.75, 3.05) is 11.1 Å². The first-order valence-corrected chi connectivity index (χ1v) is 7.41. The summed E-state index contributed by atoms with van der Waals surface area (Å²) in [6.45, 7) is 1.67. The van der Waals surface area contributed by atoms with Gasteiger partial charge in [-0.3, -0.25) is 4.79 Å². The van der Waals surface area contributed by atoms with E-state index >= 15 is 0 Å². The molecule has 0 heterocycles. The third-order valence-corrected chi connectivity index (χ3v) is 3.53. The summed E-state index contributed by atoms with van der Waals surface area (Å²) in [6, 6.07) is 12.1. The van der Waals surface area contributed by atoms with Gasteiger partial charge in [-0.2, -0.15) is 0 Å². The van der Waals surface area contributed by atoms with E-state index in [2.05, 4.69) is 21.2 Å². The van der Waals surface area contributed by atoms with Crippen LogP contribution in [-0.4, -0.2) is 12.0 Å². The van der Waals surface area contributed by atoms with E-state index in [1.54, 1.807) is 37.3 Å². The van der Waals surface area contributed by atoms with Crippen LogP contribution in [0.3, 0.4) is 0 Å². The molecule has 0 aliphatic carbocycles. The second-order valence-electron chi connectivity index (χ2n) is 4.43. The molecule has 1 amide bonds. The Bertz CT molecular complexity index is 647. The van der Waals surface area contributed by atoms with E-state index in [9.17, 15) is 4.79 Å². The molecule has 0 aliphatic heterocycles. The summed E-state index contributed by atoms with van der Waals surface area (Å²) in [6.07, 6.45) is -0.652. The van der Waals surface area contributed by atoms with Crippen molar-refractivity contribution < 1.29 is 9.53 Å². The molecule has 2 aromatic rings. The zero-order chi connectivity index (χ0) is 15.4. The monoisotopic (exact) mass is 368 g/mol. The molecule has 1 unspecified atom stereocenters. The van der Waals surface area contributed by atoms with Gasteiger partial charge in [-0.1, -0.05) is 27.5 Å². The minimum Gasteiger partial charge on any atom is -0.481 e. The Kier molecular flexibility index (Phi) is 5.09. The minimum atomic E-state index is -0.652. The van der Waals surface area contributed by atoms with Crippen molar-refractivity contribution in [2.24, 2.45) is 0 Å². The van der Waals surface area contributed by atoms with Crippen LogP contribution in [0.2, 0.25) is 5.02 Å². The number of carbonyl (C=O) groups excluding carboxylic acids is 1. The van der Waals surface area contributed by atoms with Crippen LogP contribution in [0.1, 0.15) is 6.92 Å². The van der Waals surface area contributed by atoms with Gasteiger partial charge in [-0.15, -0.1) is 0 Å². The number of carbonyl (C=O) groups is 1. The van der Waals surface area contributed by atoms with Crippen molar-refractivity contribution in [1.29, 1.82) is 0 Å². The SMILES string of the molecule is CC(Oc1ccc(Br)cc1)C(=O)Nc1ccc(Cl)cc1N. The topological polar surface area (TPSA) is 64.3 Å². The van der Waals surface area contributed by atoms with Crippen LogP contribution >= 0.6 is 27.5 Å². The lowest BCUT2D eigenvalue weighted by molar-refractivity contribution is -0.122. The molecule has 0 fully saturated rings. The Balaban J connectivity index is 2.00. The normalized spacial score (nSPS) is 11.8. The van der Waals surface area contributed by atoms with E-state index in [-0.39, 0.29) is 5.91 Å². The lowest BCUT2D eigenvalue weighted by Crippen LogP contribution is -2.30. The molecule has 0 radical (unpaired) electrons. The van der Waals surface area contributed by atoms with Crippen molar-refractivity contribution in [3.8, 4) is 5.75 Å². The molecule has 21 heavy (non-hydrogen) atoms. The van der Waals surface area contributed by atoms with Crippen LogP contribution in [0.15, 0.2) is 46.9 Å². The quantitative estimate of drug-likeness (QED) is 0.798. The van der Waals surface area contributed by atoms with E-state index in [4.69, 9.17) is 22.1 Å². The molecule has 4 nitrogen and oxygen atoms in total. The number of nitrogen functional groups attached to an aromatic ring is 1. The highest BCUT2D eigenvalue weighted by atomic mass is 79.9. The van der Waals surface area contributed by atoms with Gasteiger partial charge in [0.25, 0.3) is 5.91 Å². The summed E-state index contributed by atoms with van der Waals surface area (Å²) in [7, 11) is 0. The van der Waals surface area contributed by atoms with Crippen molar-refractivity contribution in [2.45, 2.75) is 13.0 Å². The molecular weight excluding hydrogens is 356 g/mol. The standard InChI is InChI=1S/C15H14BrClN2O2/c1-9(21-12-5-2-10(16)3-6-12)15(20)19-14-7-4-11(17)8-13(14)18/h2-9H,18H2,1H3,(H,19,20). The van der Waals surface area contributed by atoms with Crippen LogP contribution in [0, 0.1) is 0 Å². The third-order valence-electron chi connectivity index (χ3n) is 2.77. The highest BCUT2D eigenvalue weighted by molar-refractivity contribution is 9.10. The van der Waals surface area contributed by atoms with Crippen LogP contribution < -0.4 is 15.8 Å². The Hall–Kier alpha value is -1.72. The molecule has 0 bridgehead atoms. The van der Waals surface area contributed by atoms with Gasteiger partial charge in [0.1, 0.15) is 5.75 Å². The number of benzene rings is 2. The number of amides is 1. The molecule has 0 saturated heterocycles. The second kappa shape index (κ2) is 6.83. The molecule has 3 N–H and O–H groups in total. The summed E-state index contributed by atoms with van der Waals surface area (Å²) in [4.78, 5) is 12.1. The van der Waals surface area contributed by atoms with E-state index in [0.29, 0.717) is 22.1 Å². The Morgan fingerprint density at radius 1 is 1.29 bits per heavy atom. The fraction of sp³-hybridized carbons (Fsp3) is 0.133. The van der Waals surface area contributed by atoms with Crippen molar-refractivity contribution in [3.05, 3.63) is 52.0 Å². The molecule has 0 aromatic heterocycles. The highest BCUT2D eigenvalue weighted by Crippen LogP contribution is 2.23. The number of nitrogens with two attached hydrogens (primary N) is 1. The molecular formula is C15H14BrClN2O2. The Morgan fingerprint density at radius 2 is 1.95 bits per heavy atom. The minimum absolute atomic E-state index is 0.285. The summed E-state index contributed by atoms with van der Waals surface area (Å²) in [5, 5.41) is 3.23. The molecule has 6 heteroatoms. The van der Waals surface area contributed by atoms with Crippen LogP contribution in [-0.2, 0) is 4.79 Å². The summed E-state index contributed by atoms with van der Waals surface area (Å²) in [5.41, 5.74) is 6.71. The largest absolute Gasteiger partial charge is 0.481 e. The zero-order valence-corrected chi connectivity index (χ0v) is 13.6. The average molecular weight is 370 g/mol. The van der Waals surface area contributed by atoms with Crippen LogP contribution in [0.4, 0.5) is 11.4 Å². The number of halogens is 2. The predicted molar refractivity (Wildman–Crippen MR) is 88.7 cm³/mol. The van der Waals surface area contributed by atoms with E-state index in [0.717, 1.165) is 4.47 Å². The molecule has 0 aliphatic rings. The van der Waals surface area contributed by atoms with Gasteiger partial charge < -0.3 is 15.8 Å². The third kappa shape index (κ3) is 4.37. The number of hydrogen-bond donors (Lipinski definition) is 2. The number of ether oxygens (including phenoxy) is 1. The molecule has 1 atom stereocenters. The Morgan fingerprint density at radius 3 is 2.57 bits per heavy atom. The van der Waals surface area contributed by atoms with Crippen LogP contribution in [0.5, 0.6) is 5.75 Å². The van der Waals surface area contributed by atoms with Crippen molar-refractivity contribution >= 4 is 44.8 Å². The smallest absolute Gasteiger partial charge is 0.265 e. The van der Waals surface area contributed by atoms with Gasteiger partial charge in [0, 0.05) is 9.50 Å². The van der Waals surface area contributed by atoms with Gasteiger partial charge >= 0.3 is 0 Å². The van der Waals surface area contributed by atoms with E-state index in [1.165, 1.54) is 0 Å². The highest BCUT2D eigenvalue weighted by Gasteiger charge is 2.16. The first kappa shape index (κ1) is 15.7. The predicted octanol–water partition coefficient (Wildman–Crippen LogP) is 4.09. The van der Waals surface area contributed by atoms with Gasteiger partial charge in [-0.25, -0.2) is 0 Å². The number of anilines is 2. The molecule has 0 spiro atoms. The first-order valence-electron chi connectivity index (χ1n) is 6.24. The maximum absolute atomic E-state index is 12.1.